The number of thiophene rings is 1. The van der Waals surface area contributed by atoms with Gasteiger partial charge in [0.2, 0.25) is 0 Å². The molecular weight excluding hydrogens is 240 g/mol. The van der Waals surface area contributed by atoms with Gasteiger partial charge in [0.25, 0.3) is 0 Å². The van der Waals surface area contributed by atoms with Crippen LogP contribution in [0.2, 0.25) is 0 Å². The second kappa shape index (κ2) is 6.50. The van der Waals surface area contributed by atoms with Crippen LogP contribution in [0.3, 0.4) is 0 Å². The molecule has 1 aromatic heterocycles. The van der Waals surface area contributed by atoms with Crippen LogP contribution in [0, 0.1) is 6.92 Å². The fourth-order valence-corrected chi connectivity index (χ4v) is 2.59. The van der Waals surface area contributed by atoms with E-state index < -0.39 is 0 Å². The van der Waals surface area contributed by atoms with Gasteiger partial charge in [-0.05, 0) is 36.8 Å². The number of Topliss-reactive ketones (excluding diaryl/α,β-unsaturated/α-hetero) is 1. The van der Waals surface area contributed by atoms with E-state index in [-0.39, 0.29) is 0 Å². The highest BCUT2D eigenvalue weighted by atomic mass is 32.1. The lowest BCUT2D eigenvalue weighted by molar-refractivity contribution is -0.119. The Morgan fingerprint density at radius 3 is 2.44 bits per heavy atom. The zero-order chi connectivity index (χ0) is 12.8. The van der Waals surface area contributed by atoms with E-state index in [4.69, 9.17) is 0 Å². The summed E-state index contributed by atoms with van der Waals surface area (Å²) in [5.41, 5.74) is 2.52. The van der Waals surface area contributed by atoms with Gasteiger partial charge in [0.1, 0.15) is 5.78 Å². The first-order chi connectivity index (χ1) is 8.74. The van der Waals surface area contributed by atoms with Crippen molar-refractivity contribution >= 4 is 17.1 Å². The second-order valence-corrected chi connectivity index (χ2v) is 5.64. The predicted octanol–water partition coefficient (Wildman–Crippen LogP) is 4.19. The molecule has 0 aliphatic carbocycles. The van der Waals surface area contributed by atoms with Crippen LogP contribution in [0.5, 0.6) is 0 Å². The Labute approximate surface area is 112 Å². The third-order valence-electron chi connectivity index (χ3n) is 3.04. The molecule has 1 heterocycles. The second-order valence-electron chi connectivity index (χ2n) is 4.60. The number of hydrogen-bond acceptors (Lipinski definition) is 2. The summed E-state index contributed by atoms with van der Waals surface area (Å²) < 4.78 is 0. The summed E-state index contributed by atoms with van der Waals surface area (Å²) >= 11 is 1.73. The molecule has 0 N–H and O–H groups in total. The van der Waals surface area contributed by atoms with Crippen molar-refractivity contribution in [2.75, 3.05) is 0 Å². The Hall–Kier alpha value is -1.41. The van der Waals surface area contributed by atoms with Gasteiger partial charge < -0.3 is 0 Å². The minimum Gasteiger partial charge on any atom is -0.300 e. The molecule has 0 amide bonds. The van der Waals surface area contributed by atoms with Crippen molar-refractivity contribution in [2.24, 2.45) is 0 Å². The molecule has 0 atom stereocenters. The van der Waals surface area contributed by atoms with E-state index in [0.29, 0.717) is 18.6 Å². The summed E-state index contributed by atoms with van der Waals surface area (Å²) in [5, 5.41) is 2.06. The van der Waals surface area contributed by atoms with Crippen molar-refractivity contribution in [3.63, 3.8) is 0 Å². The zero-order valence-corrected chi connectivity index (χ0v) is 11.5. The first kappa shape index (κ1) is 13.0. The lowest BCUT2D eigenvalue weighted by atomic mass is 10.0. The number of aryl methyl sites for hydroxylation is 3. The molecule has 18 heavy (non-hydrogen) atoms. The molecule has 0 aliphatic rings. The largest absolute Gasteiger partial charge is 0.300 e. The van der Waals surface area contributed by atoms with E-state index in [9.17, 15) is 4.79 Å². The average molecular weight is 258 g/mol. The Kier molecular flexibility index (Phi) is 4.71. The van der Waals surface area contributed by atoms with Crippen molar-refractivity contribution in [1.29, 1.82) is 0 Å². The first-order valence-electron chi connectivity index (χ1n) is 6.33. The number of carbonyl (C=O) groups is 1. The standard InChI is InChI=1S/C16H18OS/c1-13-4-6-14(7-5-13)8-9-15(17)10-11-16-3-2-12-18-16/h2-7,12H,8-11H2,1H3. The molecule has 94 valence electrons. The van der Waals surface area contributed by atoms with Crippen molar-refractivity contribution in [1.82, 2.24) is 0 Å². The van der Waals surface area contributed by atoms with Crippen molar-refractivity contribution in [3.05, 3.63) is 57.8 Å². The Morgan fingerprint density at radius 2 is 1.78 bits per heavy atom. The zero-order valence-electron chi connectivity index (χ0n) is 10.7. The van der Waals surface area contributed by atoms with Crippen LogP contribution in [-0.2, 0) is 17.6 Å². The minimum absolute atomic E-state index is 0.365. The van der Waals surface area contributed by atoms with Gasteiger partial charge in [-0.1, -0.05) is 35.9 Å². The lowest BCUT2D eigenvalue weighted by Gasteiger charge is -2.02. The number of ketones is 1. The molecule has 0 unspecified atom stereocenters. The number of hydrogen-bond donors (Lipinski definition) is 0. The SMILES string of the molecule is Cc1ccc(CCC(=O)CCc2cccs2)cc1. The van der Waals surface area contributed by atoms with E-state index in [1.165, 1.54) is 16.0 Å². The Bertz CT molecular complexity index is 482. The van der Waals surface area contributed by atoms with E-state index in [1.807, 2.05) is 6.07 Å². The quantitative estimate of drug-likeness (QED) is 0.759. The molecule has 0 spiro atoms. The van der Waals surface area contributed by atoms with Gasteiger partial charge >= 0.3 is 0 Å². The maximum atomic E-state index is 11.8. The maximum Gasteiger partial charge on any atom is 0.133 e. The van der Waals surface area contributed by atoms with Crippen LogP contribution in [0.25, 0.3) is 0 Å². The summed E-state index contributed by atoms with van der Waals surface area (Å²) in [6.07, 6.45) is 3.09. The smallest absolute Gasteiger partial charge is 0.133 e. The highest BCUT2D eigenvalue weighted by Gasteiger charge is 2.04. The molecule has 0 saturated carbocycles. The van der Waals surface area contributed by atoms with Gasteiger partial charge in [-0.15, -0.1) is 11.3 Å². The average Bonchev–Trinajstić information content (AvgIpc) is 2.89. The topological polar surface area (TPSA) is 17.1 Å². The molecule has 1 nitrogen and oxygen atoms in total. The normalized spacial score (nSPS) is 10.5. The molecule has 2 rings (SSSR count). The fourth-order valence-electron chi connectivity index (χ4n) is 1.88. The highest BCUT2D eigenvalue weighted by molar-refractivity contribution is 7.09. The van der Waals surface area contributed by atoms with Gasteiger partial charge in [0.15, 0.2) is 0 Å². The predicted molar refractivity (Wildman–Crippen MR) is 77.1 cm³/mol. The van der Waals surface area contributed by atoms with Gasteiger partial charge in [-0.25, -0.2) is 0 Å². The Balaban J connectivity index is 1.73. The highest BCUT2D eigenvalue weighted by Crippen LogP contribution is 2.12. The monoisotopic (exact) mass is 258 g/mol. The molecule has 2 aromatic rings. The van der Waals surface area contributed by atoms with Gasteiger partial charge in [-0.3, -0.25) is 4.79 Å². The summed E-state index contributed by atoms with van der Waals surface area (Å²) in [4.78, 5) is 13.1. The van der Waals surface area contributed by atoms with E-state index in [0.717, 1.165) is 12.8 Å². The first-order valence-corrected chi connectivity index (χ1v) is 7.21. The van der Waals surface area contributed by atoms with Crippen LogP contribution in [0.4, 0.5) is 0 Å². The van der Waals surface area contributed by atoms with Crippen molar-refractivity contribution in [2.45, 2.75) is 32.6 Å². The fraction of sp³-hybridized carbons (Fsp3) is 0.312. The lowest BCUT2D eigenvalue weighted by Crippen LogP contribution is -2.01. The minimum atomic E-state index is 0.365. The third kappa shape index (κ3) is 4.11. The van der Waals surface area contributed by atoms with Crippen LogP contribution in [0.1, 0.15) is 28.8 Å². The molecular formula is C16H18OS. The number of benzene rings is 1. The van der Waals surface area contributed by atoms with E-state index in [1.54, 1.807) is 11.3 Å². The summed E-state index contributed by atoms with van der Waals surface area (Å²) in [6, 6.07) is 12.6. The van der Waals surface area contributed by atoms with Gasteiger partial charge in [0.05, 0.1) is 0 Å². The van der Waals surface area contributed by atoms with Gasteiger partial charge in [0, 0.05) is 17.7 Å². The molecule has 2 heteroatoms. The molecule has 0 bridgehead atoms. The summed E-state index contributed by atoms with van der Waals surface area (Å²) in [6.45, 7) is 2.08. The van der Waals surface area contributed by atoms with Crippen molar-refractivity contribution in [3.8, 4) is 0 Å². The molecule has 0 saturated heterocycles. The maximum absolute atomic E-state index is 11.8. The molecule has 1 aromatic carbocycles. The van der Waals surface area contributed by atoms with Crippen LogP contribution in [-0.4, -0.2) is 5.78 Å². The Morgan fingerprint density at radius 1 is 1.06 bits per heavy atom. The molecule has 0 radical (unpaired) electrons. The van der Waals surface area contributed by atoms with Crippen LogP contribution < -0.4 is 0 Å². The van der Waals surface area contributed by atoms with E-state index >= 15 is 0 Å². The summed E-state index contributed by atoms with van der Waals surface area (Å²) in [5.74, 6) is 0.365. The third-order valence-corrected chi connectivity index (χ3v) is 3.98. The van der Waals surface area contributed by atoms with E-state index in [2.05, 4.69) is 42.6 Å². The molecule has 0 aliphatic heterocycles. The summed E-state index contributed by atoms with van der Waals surface area (Å²) in [7, 11) is 0. The van der Waals surface area contributed by atoms with Gasteiger partial charge in [-0.2, -0.15) is 0 Å². The van der Waals surface area contributed by atoms with Crippen LogP contribution >= 0.6 is 11.3 Å². The molecule has 0 fully saturated rings. The number of rotatable bonds is 6. The van der Waals surface area contributed by atoms with Crippen molar-refractivity contribution < 1.29 is 4.79 Å². The number of carbonyl (C=O) groups excluding carboxylic acids is 1. The van der Waals surface area contributed by atoms with Crippen LogP contribution in [0.15, 0.2) is 41.8 Å².